The Hall–Kier alpha value is -5.89. The highest BCUT2D eigenvalue weighted by Crippen LogP contribution is 2.54. The van der Waals surface area contributed by atoms with Gasteiger partial charge in [0.2, 0.25) is 0 Å². The zero-order valence-electron chi connectivity index (χ0n) is 29.3. The Balaban J connectivity index is 1.62. The third kappa shape index (κ3) is 3.71. The Bertz CT molecular complexity index is 2840. The summed E-state index contributed by atoms with van der Waals surface area (Å²) in [4.78, 5) is 0. The van der Waals surface area contributed by atoms with Crippen LogP contribution in [0.5, 0.6) is 34.5 Å². The molecule has 0 atom stereocenters. The minimum Gasteiger partial charge on any atom is -0.507 e. The lowest BCUT2D eigenvalue weighted by molar-refractivity contribution is 0.405. The van der Waals surface area contributed by atoms with E-state index in [-0.39, 0.29) is 47.3 Å². The van der Waals surface area contributed by atoms with E-state index in [1.54, 1.807) is 13.8 Å². The minimum atomic E-state index is -0.342. The first-order chi connectivity index (χ1) is 24.4. The van der Waals surface area contributed by atoms with Crippen molar-refractivity contribution in [3.05, 3.63) is 81.9 Å². The molecule has 1 aliphatic carbocycles. The molecule has 9 rings (SSSR count). The Labute approximate surface area is 295 Å². The molecule has 0 saturated heterocycles. The van der Waals surface area contributed by atoms with E-state index < -0.39 is 0 Å². The van der Waals surface area contributed by atoms with Crippen molar-refractivity contribution < 1.29 is 30.6 Å². The van der Waals surface area contributed by atoms with E-state index in [1.807, 2.05) is 74.1 Å². The lowest BCUT2D eigenvalue weighted by Gasteiger charge is -2.23. The molecule has 2 aliphatic rings. The molecule has 0 saturated carbocycles. The van der Waals surface area contributed by atoms with Crippen LogP contribution in [0.15, 0.2) is 48.6 Å². The van der Waals surface area contributed by atoms with E-state index in [1.165, 1.54) is 0 Å². The van der Waals surface area contributed by atoms with Crippen molar-refractivity contribution in [2.45, 2.75) is 47.5 Å². The highest BCUT2D eigenvalue weighted by molar-refractivity contribution is 6.74. The zero-order valence-corrected chi connectivity index (χ0v) is 29.3. The highest BCUT2D eigenvalue weighted by Gasteiger charge is 2.37. The molecular formula is C41H36B2N2O6. The van der Waals surface area contributed by atoms with Gasteiger partial charge >= 0.3 is 0 Å². The molecule has 1 aliphatic heterocycles. The molecule has 5 aromatic carbocycles. The van der Waals surface area contributed by atoms with Gasteiger partial charge in [-0.1, -0.05) is 59.5 Å². The van der Waals surface area contributed by atoms with Crippen LogP contribution in [0.4, 0.5) is 0 Å². The second-order valence-corrected chi connectivity index (χ2v) is 14.3. The molecule has 0 unspecified atom stereocenters. The summed E-state index contributed by atoms with van der Waals surface area (Å²) in [7, 11) is 2.22. The second-order valence-electron chi connectivity index (χ2n) is 14.3. The van der Waals surface area contributed by atoms with Crippen LogP contribution in [-0.2, 0) is 0 Å². The van der Waals surface area contributed by atoms with Gasteiger partial charge in [0.25, 0.3) is 0 Å². The van der Waals surface area contributed by atoms with Crippen molar-refractivity contribution in [1.29, 1.82) is 0 Å². The molecule has 252 valence electrons. The van der Waals surface area contributed by atoms with Gasteiger partial charge in [-0.3, -0.25) is 0 Å². The van der Waals surface area contributed by atoms with Gasteiger partial charge in [-0.05, 0) is 75.2 Å². The summed E-state index contributed by atoms with van der Waals surface area (Å²) in [5.41, 5.74) is 9.71. The van der Waals surface area contributed by atoms with Crippen LogP contribution in [0, 0.1) is 34.6 Å². The molecule has 7 aromatic rings. The molecule has 0 bridgehead atoms. The number of hydrogen-bond donors (Lipinski definition) is 6. The number of allylic oxidation sites excluding steroid dienone is 4. The number of phenolic OH excluding ortho intramolecular Hbond substituents is 6. The molecule has 2 aromatic heterocycles. The highest BCUT2D eigenvalue weighted by atomic mass is 16.3. The molecular weight excluding hydrogens is 638 g/mol. The van der Waals surface area contributed by atoms with Crippen molar-refractivity contribution in [2.75, 3.05) is 0 Å². The van der Waals surface area contributed by atoms with E-state index in [0.29, 0.717) is 72.7 Å². The number of aryl methyl sites for hydroxylation is 2. The maximum atomic E-state index is 12.3. The summed E-state index contributed by atoms with van der Waals surface area (Å²) in [6, 6.07) is 11.9. The molecule has 51 heavy (non-hydrogen) atoms. The smallest absolute Gasteiger partial charge is 0.197 e. The number of nitrogens with zero attached hydrogens (tertiary/aromatic N) is 2. The third-order valence-corrected chi connectivity index (χ3v) is 11.6. The fraction of sp³-hybridized carbons (Fsp3) is 0.171. The summed E-state index contributed by atoms with van der Waals surface area (Å²) in [6.45, 7) is 8.97. The fourth-order valence-electron chi connectivity index (χ4n) is 9.01. The number of benzene rings is 5. The molecule has 0 amide bonds. The molecule has 0 spiro atoms. The number of rotatable bonds is 2. The van der Waals surface area contributed by atoms with Crippen molar-refractivity contribution in [1.82, 2.24) is 9.13 Å². The Morgan fingerprint density at radius 1 is 0.569 bits per heavy atom. The van der Waals surface area contributed by atoms with E-state index in [2.05, 4.69) is 12.2 Å². The van der Waals surface area contributed by atoms with Crippen molar-refractivity contribution in [2.24, 2.45) is 0 Å². The van der Waals surface area contributed by atoms with E-state index in [0.717, 1.165) is 45.0 Å². The average Bonchev–Trinajstić information content (AvgIpc) is 3.65. The number of aromatic hydroxyl groups is 6. The summed E-state index contributed by atoms with van der Waals surface area (Å²) in [5, 5.41) is 74.4. The van der Waals surface area contributed by atoms with E-state index in [4.69, 9.17) is 0 Å². The van der Waals surface area contributed by atoms with Gasteiger partial charge in [0, 0.05) is 49.5 Å². The van der Waals surface area contributed by atoms with Crippen LogP contribution in [0.25, 0.3) is 60.6 Å². The zero-order chi connectivity index (χ0) is 35.9. The number of phenols is 6. The Morgan fingerprint density at radius 2 is 1.22 bits per heavy atom. The van der Waals surface area contributed by atoms with Crippen LogP contribution in [0.2, 0.25) is 0 Å². The normalized spacial score (nSPS) is 14.0. The molecule has 8 nitrogen and oxygen atoms in total. The van der Waals surface area contributed by atoms with Crippen LogP contribution >= 0.6 is 0 Å². The first-order valence-electron chi connectivity index (χ1n) is 17.3. The van der Waals surface area contributed by atoms with E-state index in [9.17, 15) is 30.6 Å². The van der Waals surface area contributed by atoms with Gasteiger partial charge in [0.15, 0.2) is 18.8 Å². The average molecular weight is 674 g/mol. The Morgan fingerprint density at radius 3 is 1.94 bits per heavy atom. The van der Waals surface area contributed by atoms with Gasteiger partial charge in [0.1, 0.15) is 30.8 Å². The van der Waals surface area contributed by atoms with Crippen molar-refractivity contribution in [3.8, 4) is 40.2 Å². The predicted molar refractivity (Wildman–Crippen MR) is 210 cm³/mol. The van der Waals surface area contributed by atoms with Crippen LogP contribution < -0.4 is 16.4 Å². The minimum absolute atomic E-state index is 0.0399. The van der Waals surface area contributed by atoms with Gasteiger partial charge in [-0.2, -0.15) is 0 Å². The second kappa shape index (κ2) is 10.3. The topological polar surface area (TPSA) is 131 Å². The third-order valence-electron chi connectivity index (χ3n) is 11.6. The maximum absolute atomic E-state index is 12.3. The van der Waals surface area contributed by atoms with Gasteiger partial charge in [0.05, 0.1) is 22.2 Å². The van der Waals surface area contributed by atoms with Gasteiger partial charge in [-0.25, -0.2) is 0 Å². The first-order valence-corrected chi connectivity index (χ1v) is 17.3. The first kappa shape index (κ1) is 31.1. The quantitative estimate of drug-likeness (QED) is 0.108. The number of hydrogen-bond acceptors (Lipinski definition) is 6. The van der Waals surface area contributed by atoms with Gasteiger partial charge in [-0.15, -0.1) is 0 Å². The van der Waals surface area contributed by atoms with Crippen LogP contribution in [-0.4, -0.2) is 54.9 Å². The molecule has 3 heterocycles. The van der Waals surface area contributed by atoms with Crippen molar-refractivity contribution in [3.63, 3.8) is 0 Å². The summed E-state index contributed by atoms with van der Waals surface area (Å²) >= 11 is 0. The standard InChI is InChI=1S/C41H36B2N2O6/c1-16-15-23(42)26-25-17(2)37(47)19(4)30-31(25)45(32(26)36(16)46)35-28-27-29(43-30)18(3)40(50)41(51)33(27)44(34(28)38(48)20(5)39(35)49)24-14-10-9-13-22(24)21-11-7-6-8-12-21/h6-8,11-15,43,46-51H,9-10,42H2,1-5H3. The van der Waals surface area contributed by atoms with Crippen LogP contribution in [0.1, 0.15) is 46.2 Å². The monoisotopic (exact) mass is 674 g/mol. The molecule has 0 radical (unpaired) electrons. The van der Waals surface area contributed by atoms with E-state index >= 15 is 0 Å². The lowest BCUT2D eigenvalue weighted by atomic mass is 9.58. The predicted octanol–water partition coefficient (Wildman–Crippen LogP) is 5.34. The van der Waals surface area contributed by atoms with Gasteiger partial charge < -0.3 is 39.8 Å². The Kier molecular flexibility index (Phi) is 6.30. The lowest BCUT2D eigenvalue weighted by Crippen LogP contribution is -2.34. The molecule has 6 N–H and O–H groups in total. The van der Waals surface area contributed by atoms with Crippen molar-refractivity contribution >= 4 is 86.4 Å². The SMILES string of the molecule is Bc1cc(C)c(O)c2c1c1c(C)c(O)c(C)c3c1n2-c1c(O)c(C)c(O)c2c1c1c(c(C)c(O)c(O)c1n2C1=CCCC=C1c1ccccc1)B3. The fourth-order valence-corrected chi connectivity index (χ4v) is 9.01. The molecule has 0 fully saturated rings. The van der Waals surface area contributed by atoms with Crippen LogP contribution in [0.3, 0.4) is 0 Å². The number of aromatic nitrogens is 2. The largest absolute Gasteiger partial charge is 0.507 e. The molecule has 10 heteroatoms. The number of fused-ring (bicyclic) bond motifs is 4. The summed E-state index contributed by atoms with van der Waals surface area (Å²) < 4.78 is 3.73. The summed E-state index contributed by atoms with van der Waals surface area (Å²) in [6.07, 6.45) is 5.74. The maximum Gasteiger partial charge on any atom is 0.197 e. The summed E-state index contributed by atoms with van der Waals surface area (Å²) in [5.74, 6) is -0.788.